The van der Waals surface area contributed by atoms with Gasteiger partial charge in [0.05, 0.1) is 0 Å². The lowest BCUT2D eigenvalue weighted by molar-refractivity contribution is 0.174. The highest BCUT2D eigenvalue weighted by atomic mass is 16.7. The van der Waals surface area contributed by atoms with Crippen LogP contribution in [0.5, 0.6) is 11.5 Å². The zero-order chi connectivity index (χ0) is 16.5. The van der Waals surface area contributed by atoms with Gasteiger partial charge in [-0.05, 0) is 35.7 Å². The highest BCUT2D eigenvalue weighted by Gasteiger charge is 2.29. The number of carbonyl (C=O) groups excluding carboxylic acids is 1. The quantitative estimate of drug-likeness (QED) is 0.942. The van der Waals surface area contributed by atoms with Gasteiger partial charge in [0, 0.05) is 24.7 Å². The van der Waals surface area contributed by atoms with Crippen LogP contribution in [0.2, 0.25) is 0 Å². The molecule has 0 saturated carbocycles. The first kappa shape index (κ1) is 14.9. The van der Waals surface area contributed by atoms with Crippen molar-refractivity contribution in [3.63, 3.8) is 0 Å². The van der Waals surface area contributed by atoms with Gasteiger partial charge in [-0.25, -0.2) is 4.79 Å². The number of rotatable bonds is 3. The third-order valence-electron chi connectivity index (χ3n) is 4.59. The van der Waals surface area contributed by atoms with Gasteiger partial charge in [0.25, 0.3) is 0 Å². The van der Waals surface area contributed by atoms with Crippen molar-refractivity contribution in [2.75, 3.05) is 24.8 Å². The smallest absolute Gasteiger partial charge is 0.321 e. The van der Waals surface area contributed by atoms with E-state index in [1.165, 1.54) is 5.56 Å². The fourth-order valence-corrected chi connectivity index (χ4v) is 3.32. The van der Waals surface area contributed by atoms with Gasteiger partial charge < -0.3 is 14.8 Å². The van der Waals surface area contributed by atoms with Crippen molar-refractivity contribution in [2.24, 2.45) is 0 Å². The van der Waals surface area contributed by atoms with E-state index in [4.69, 9.17) is 9.47 Å². The molecular formula is C19H20N2O3. The van der Waals surface area contributed by atoms with Crippen molar-refractivity contribution >= 4 is 11.7 Å². The number of carbonyl (C=O) groups is 1. The predicted molar refractivity (Wildman–Crippen MR) is 91.9 cm³/mol. The van der Waals surface area contributed by atoms with E-state index in [1.54, 1.807) is 0 Å². The van der Waals surface area contributed by atoms with E-state index in [0.717, 1.165) is 35.7 Å². The summed E-state index contributed by atoms with van der Waals surface area (Å²) in [6, 6.07) is 14.0. The first-order chi connectivity index (χ1) is 11.7. The molecule has 0 spiro atoms. The summed E-state index contributed by atoms with van der Waals surface area (Å²) in [5, 5.41) is 3.02. The SMILES string of the molecule is CC1CN(C(=O)NCCc2ccc3c(c2)OCO3)c2ccccc21. The summed E-state index contributed by atoms with van der Waals surface area (Å²) in [7, 11) is 0. The van der Waals surface area contributed by atoms with Crippen LogP contribution >= 0.6 is 0 Å². The van der Waals surface area contributed by atoms with E-state index in [9.17, 15) is 4.79 Å². The van der Waals surface area contributed by atoms with Gasteiger partial charge in [0.1, 0.15) is 0 Å². The van der Waals surface area contributed by atoms with E-state index in [-0.39, 0.29) is 12.8 Å². The Morgan fingerprint density at radius 2 is 2.04 bits per heavy atom. The summed E-state index contributed by atoms with van der Waals surface area (Å²) in [4.78, 5) is 14.3. The predicted octanol–water partition coefficient (Wildman–Crippen LogP) is 3.29. The van der Waals surface area contributed by atoms with Crippen molar-refractivity contribution in [1.29, 1.82) is 0 Å². The Morgan fingerprint density at radius 1 is 1.21 bits per heavy atom. The number of hydrogen-bond donors (Lipinski definition) is 1. The van der Waals surface area contributed by atoms with Gasteiger partial charge in [0.2, 0.25) is 6.79 Å². The number of ether oxygens (including phenoxy) is 2. The first-order valence-electron chi connectivity index (χ1n) is 8.25. The van der Waals surface area contributed by atoms with Crippen molar-refractivity contribution in [2.45, 2.75) is 19.3 Å². The lowest BCUT2D eigenvalue weighted by Crippen LogP contribution is -2.40. The summed E-state index contributed by atoms with van der Waals surface area (Å²) < 4.78 is 10.7. The molecule has 2 heterocycles. The van der Waals surface area contributed by atoms with Crippen molar-refractivity contribution in [3.8, 4) is 11.5 Å². The fourth-order valence-electron chi connectivity index (χ4n) is 3.32. The molecule has 1 unspecified atom stereocenters. The third kappa shape index (κ3) is 2.66. The van der Waals surface area contributed by atoms with Gasteiger partial charge in [-0.15, -0.1) is 0 Å². The molecule has 2 aromatic rings. The number of amides is 2. The number of para-hydroxylation sites is 1. The molecule has 5 nitrogen and oxygen atoms in total. The number of anilines is 1. The fraction of sp³-hybridized carbons (Fsp3) is 0.316. The number of benzene rings is 2. The standard InChI is InChI=1S/C19H20N2O3/c1-13-11-21(16-5-3-2-4-15(13)16)19(22)20-9-8-14-6-7-17-18(10-14)24-12-23-17/h2-7,10,13H,8-9,11-12H2,1H3,(H,20,22). The van der Waals surface area contributed by atoms with Crippen LogP contribution in [0.1, 0.15) is 24.0 Å². The maximum Gasteiger partial charge on any atom is 0.321 e. The number of hydrogen-bond acceptors (Lipinski definition) is 3. The van der Waals surface area contributed by atoms with E-state index in [2.05, 4.69) is 18.3 Å². The average molecular weight is 324 g/mol. The number of nitrogens with one attached hydrogen (secondary N) is 1. The first-order valence-corrected chi connectivity index (χ1v) is 8.25. The largest absolute Gasteiger partial charge is 0.454 e. The summed E-state index contributed by atoms with van der Waals surface area (Å²) in [6.45, 7) is 3.75. The lowest BCUT2D eigenvalue weighted by Gasteiger charge is -2.18. The van der Waals surface area contributed by atoms with E-state index in [1.807, 2.05) is 41.3 Å². The molecule has 0 aromatic heterocycles. The van der Waals surface area contributed by atoms with E-state index in [0.29, 0.717) is 12.5 Å². The summed E-state index contributed by atoms with van der Waals surface area (Å²) in [5.41, 5.74) is 3.38. The molecule has 124 valence electrons. The maximum atomic E-state index is 12.5. The highest BCUT2D eigenvalue weighted by Crippen LogP contribution is 2.35. The molecule has 0 fully saturated rings. The summed E-state index contributed by atoms with van der Waals surface area (Å²) >= 11 is 0. The molecule has 0 radical (unpaired) electrons. The van der Waals surface area contributed by atoms with Gasteiger partial charge in [-0.3, -0.25) is 4.90 Å². The average Bonchev–Trinajstić information content (AvgIpc) is 3.19. The normalized spacial score (nSPS) is 17.7. The van der Waals surface area contributed by atoms with Crippen LogP contribution in [0, 0.1) is 0 Å². The molecule has 2 aliphatic heterocycles. The maximum absolute atomic E-state index is 12.5. The number of fused-ring (bicyclic) bond motifs is 2. The second-order valence-electron chi connectivity index (χ2n) is 6.24. The van der Waals surface area contributed by atoms with Gasteiger partial charge in [-0.1, -0.05) is 31.2 Å². The van der Waals surface area contributed by atoms with Gasteiger partial charge in [-0.2, -0.15) is 0 Å². The van der Waals surface area contributed by atoms with Crippen LogP contribution in [-0.2, 0) is 6.42 Å². The molecule has 24 heavy (non-hydrogen) atoms. The molecule has 1 N–H and O–H groups in total. The second-order valence-corrected chi connectivity index (χ2v) is 6.24. The Hall–Kier alpha value is -2.69. The molecule has 0 bridgehead atoms. The van der Waals surface area contributed by atoms with E-state index >= 15 is 0 Å². The molecular weight excluding hydrogens is 304 g/mol. The molecule has 0 aliphatic carbocycles. The number of urea groups is 1. The Balaban J connectivity index is 1.36. The Labute approximate surface area is 141 Å². The van der Waals surface area contributed by atoms with Crippen LogP contribution < -0.4 is 19.7 Å². The molecule has 2 aliphatic rings. The third-order valence-corrected chi connectivity index (χ3v) is 4.59. The minimum absolute atomic E-state index is 0.0347. The van der Waals surface area contributed by atoms with Crippen LogP contribution in [-0.4, -0.2) is 25.9 Å². The Morgan fingerprint density at radius 3 is 2.96 bits per heavy atom. The monoisotopic (exact) mass is 324 g/mol. The molecule has 2 amide bonds. The van der Waals surface area contributed by atoms with Gasteiger partial charge in [0.15, 0.2) is 11.5 Å². The zero-order valence-electron chi connectivity index (χ0n) is 13.6. The Bertz CT molecular complexity index is 775. The second kappa shape index (κ2) is 6.07. The molecule has 0 saturated heterocycles. The molecule has 5 heteroatoms. The van der Waals surface area contributed by atoms with E-state index < -0.39 is 0 Å². The van der Waals surface area contributed by atoms with Crippen molar-refractivity contribution in [1.82, 2.24) is 5.32 Å². The van der Waals surface area contributed by atoms with Crippen LogP contribution in [0.15, 0.2) is 42.5 Å². The zero-order valence-corrected chi connectivity index (χ0v) is 13.6. The minimum atomic E-state index is -0.0347. The summed E-state index contributed by atoms with van der Waals surface area (Å²) in [5.74, 6) is 1.94. The molecule has 1 atom stereocenters. The molecule has 4 rings (SSSR count). The van der Waals surface area contributed by atoms with Crippen molar-refractivity contribution < 1.29 is 14.3 Å². The summed E-state index contributed by atoms with van der Waals surface area (Å²) in [6.07, 6.45) is 0.757. The Kier molecular flexibility index (Phi) is 3.76. The highest BCUT2D eigenvalue weighted by molar-refractivity contribution is 5.94. The van der Waals surface area contributed by atoms with Gasteiger partial charge >= 0.3 is 6.03 Å². The van der Waals surface area contributed by atoms with Crippen LogP contribution in [0.25, 0.3) is 0 Å². The minimum Gasteiger partial charge on any atom is -0.454 e. The van der Waals surface area contributed by atoms with Crippen LogP contribution in [0.4, 0.5) is 10.5 Å². The number of nitrogens with zero attached hydrogens (tertiary/aromatic N) is 1. The topological polar surface area (TPSA) is 50.8 Å². The van der Waals surface area contributed by atoms with Crippen LogP contribution in [0.3, 0.4) is 0 Å². The van der Waals surface area contributed by atoms with Crippen molar-refractivity contribution in [3.05, 3.63) is 53.6 Å². The lowest BCUT2D eigenvalue weighted by atomic mass is 10.0. The molecule has 2 aromatic carbocycles.